The number of aliphatic carboxylic acids is 5. The number of carbonyl (C=O) groups excluding carboxylic acids is 1. The largest absolute Gasteiger partial charge is 0.548 e. The molecule has 25 heavy (non-hydrogen) atoms. The molecule has 146 valence electrons. The molecule has 0 amide bonds. The first kappa shape index (κ1) is 27.1. The predicted molar refractivity (Wildman–Crippen MR) is 80.3 cm³/mol. The van der Waals surface area contributed by atoms with Crippen LogP contribution >= 0.6 is 0 Å². The van der Waals surface area contributed by atoms with Crippen molar-refractivity contribution < 1.29 is 54.0 Å². The van der Waals surface area contributed by atoms with Gasteiger partial charge in [-0.25, -0.2) is 19.2 Å². The van der Waals surface area contributed by atoms with Crippen LogP contribution in [0.25, 0.3) is 0 Å². The number of quaternary nitrogens is 1. The molecule has 0 fully saturated rings. The van der Waals surface area contributed by atoms with Crippen LogP contribution in [0.4, 0.5) is 0 Å². The first-order chi connectivity index (χ1) is 11.1. The maximum absolute atomic E-state index is 10.3. The van der Waals surface area contributed by atoms with Crippen LogP contribution in [0.2, 0.25) is 0 Å². The van der Waals surface area contributed by atoms with E-state index in [0.717, 1.165) is 23.9 Å². The average molecular weight is 368 g/mol. The second-order valence-electron chi connectivity index (χ2n) is 5.66. The highest BCUT2D eigenvalue weighted by Crippen LogP contribution is 2.02. The molecule has 1 atom stereocenters. The molecule has 0 saturated carbocycles. The summed E-state index contributed by atoms with van der Waals surface area (Å²) in [5.41, 5.74) is 5.30. The van der Waals surface area contributed by atoms with E-state index >= 15 is 0 Å². The van der Waals surface area contributed by atoms with Gasteiger partial charge in [-0.2, -0.15) is 0 Å². The number of unbranched alkanes of at least 4 members (excludes halogenated alkanes) is 1. The lowest BCUT2D eigenvalue weighted by Crippen LogP contribution is -2.42. The Balaban J connectivity index is -0.000000336. The fraction of sp³-hybridized carbons (Fsp3) is 0.615. The number of nitrogens with zero attached hydrogens (tertiary/aromatic N) is 1. The van der Waals surface area contributed by atoms with Gasteiger partial charge in [0.1, 0.15) is 0 Å². The van der Waals surface area contributed by atoms with E-state index in [1.54, 1.807) is 0 Å². The van der Waals surface area contributed by atoms with E-state index in [-0.39, 0.29) is 0 Å². The molecular formula is C13H24N2O10. The summed E-state index contributed by atoms with van der Waals surface area (Å²) in [6.45, 7) is 1.04. The summed E-state index contributed by atoms with van der Waals surface area (Å²) in [5, 5.41) is 39.8. The van der Waals surface area contributed by atoms with Crippen molar-refractivity contribution in [2.24, 2.45) is 5.73 Å². The minimum absolute atomic E-state index is 0.516. The first-order valence-electron chi connectivity index (χ1n) is 6.81. The molecule has 0 bridgehead atoms. The van der Waals surface area contributed by atoms with Crippen molar-refractivity contribution in [3.8, 4) is 0 Å². The number of nitrogens with two attached hydrogens (primary N) is 1. The second-order valence-corrected chi connectivity index (χ2v) is 5.66. The Labute approximate surface area is 143 Å². The van der Waals surface area contributed by atoms with E-state index in [1.165, 1.54) is 0 Å². The summed E-state index contributed by atoms with van der Waals surface area (Å²) >= 11 is 0. The number of hydrogen-bond acceptors (Lipinski definition) is 7. The van der Waals surface area contributed by atoms with Crippen molar-refractivity contribution in [2.75, 3.05) is 27.7 Å². The standard InChI is InChI=1S/C9H20N2O2.2C2H2O4/c1-11(2,3)7-5-4-6-8(10)9(12)13;2*3-1(4)2(5)6/h8H,4-7,10H2,1-3H3;2*(H,3,4)(H,5,6). The lowest BCUT2D eigenvalue weighted by molar-refractivity contribution is -0.870. The molecule has 0 aromatic rings. The highest BCUT2D eigenvalue weighted by atomic mass is 16.4. The summed E-state index contributed by atoms with van der Waals surface area (Å²) < 4.78 is 0.903. The van der Waals surface area contributed by atoms with Crippen LogP contribution < -0.4 is 10.8 Å². The monoisotopic (exact) mass is 368 g/mol. The second kappa shape index (κ2) is 13.7. The van der Waals surface area contributed by atoms with Gasteiger partial charge in [0.2, 0.25) is 0 Å². The fourth-order valence-corrected chi connectivity index (χ4v) is 1.07. The van der Waals surface area contributed by atoms with Crippen LogP contribution in [0.15, 0.2) is 0 Å². The Kier molecular flexibility index (Phi) is 14.9. The van der Waals surface area contributed by atoms with Gasteiger partial charge in [-0.15, -0.1) is 0 Å². The van der Waals surface area contributed by atoms with Gasteiger partial charge in [0.15, 0.2) is 0 Å². The summed E-state index contributed by atoms with van der Waals surface area (Å²) in [6.07, 6.45) is 2.37. The molecule has 12 heteroatoms. The number of hydrogen-bond donors (Lipinski definition) is 5. The van der Waals surface area contributed by atoms with E-state index in [2.05, 4.69) is 21.1 Å². The van der Waals surface area contributed by atoms with E-state index in [9.17, 15) is 9.90 Å². The van der Waals surface area contributed by atoms with E-state index < -0.39 is 35.9 Å². The smallest absolute Gasteiger partial charge is 0.414 e. The van der Waals surface area contributed by atoms with Crippen molar-refractivity contribution in [2.45, 2.75) is 25.3 Å². The van der Waals surface area contributed by atoms with Crippen molar-refractivity contribution in [3.63, 3.8) is 0 Å². The molecule has 0 aliphatic rings. The van der Waals surface area contributed by atoms with Gasteiger partial charge in [0.25, 0.3) is 0 Å². The molecule has 0 saturated heterocycles. The highest BCUT2D eigenvalue weighted by molar-refractivity contribution is 6.27. The van der Waals surface area contributed by atoms with Crippen LogP contribution in [0.5, 0.6) is 0 Å². The van der Waals surface area contributed by atoms with Gasteiger partial charge in [-0.05, 0) is 19.3 Å². The molecule has 0 aliphatic carbocycles. The molecule has 0 spiro atoms. The molecule has 12 nitrogen and oxygen atoms in total. The molecule has 0 aromatic heterocycles. The van der Waals surface area contributed by atoms with Crippen LogP contribution in [0, 0.1) is 0 Å². The zero-order chi connectivity index (χ0) is 20.8. The zero-order valence-corrected chi connectivity index (χ0v) is 14.2. The van der Waals surface area contributed by atoms with Crippen LogP contribution in [0.1, 0.15) is 19.3 Å². The Morgan fingerprint density at radius 2 is 1.16 bits per heavy atom. The van der Waals surface area contributed by atoms with E-state index in [0.29, 0.717) is 6.42 Å². The SMILES string of the molecule is C[N+](C)(C)CCCCC(N)C(=O)[O-].O=C(O)C(=O)O.O=C(O)C(=O)O. The normalized spacial score (nSPS) is 10.9. The van der Waals surface area contributed by atoms with Crippen LogP contribution in [-0.2, 0) is 24.0 Å². The molecule has 0 aliphatic heterocycles. The maximum Gasteiger partial charge on any atom is 0.414 e. The quantitative estimate of drug-likeness (QED) is 0.184. The molecule has 0 heterocycles. The van der Waals surface area contributed by atoms with Crippen molar-refractivity contribution in [3.05, 3.63) is 0 Å². The van der Waals surface area contributed by atoms with Crippen LogP contribution in [0.3, 0.4) is 0 Å². The third-order valence-electron chi connectivity index (χ3n) is 2.26. The molecule has 1 unspecified atom stereocenters. The predicted octanol–water partition coefficient (Wildman–Crippen LogP) is -2.75. The number of carbonyl (C=O) groups is 5. The molecule has 0 radical (unpaired) electrons. The Morgan fingerprint density at radius 1 is 0.840 bits per heavy atom. The summed E-state index contributed by atoms with van der Waals surface area (Å²) in [5.74, 6) is -8.44. The third-order valence-corrected chi connectivity index (χ3v) is 2.26. The van der Waals surface area contributed by atoms with Gasteiger partial charge in [0, 0.05) is 6.04 Å². The van der Waals surface area contributed by atoms with Crippen LogP contribution in [-0.4, -0.2) is 88.5 Å². The number of carboxylic acids is 5. The number of rotatable bonds is 6. The lowest BCUT2D eigenvalue weighted by atomic mass is 10.1. The molecule has 0 aromatic carbocycles. The zero-order valence-electron chi connectivity index (χ0n) is 14.2. The van der Waals surface area contributed by atoms with Gasteiger partial charge < -0.3 is 40.5 Å². The van der Waals surface area contributed by atoms with Crippen molar-refractivity contribution in [1.29, 1.82) is 0 Å². The summed E-state index contributed by atoms with van der Waals surface area (Å²) in [6, 6.07) is -0.799. The molecule has 0 rings (SSSR count). The van der Waals surface area contributed by atoms with Gasteiger partial charge >= 0.3 is 23.9 Å². The lowest BCUT2D eigenvalue weighted by Gasteiger charge is -2.24. The Hall–Kier alpha value is -2.73. The third kappa shape index (κ3) is 26.5. The van der Waals surface area contributed by atoms with Gasteiger partial charge in [0.05, 0.1) is 33.7 Å². The van der Waals surface area contributed by atoms with Crippen molar-refractivity contribution >= 4 is 29.8 Å². The molecule has 6 N–H and O–H groups in total. The van der Waals surface area contributed by atoms with Gasteiger partial charge in [-0.3, -0.25) is 0 Å². The fourth-order valence-electron chi connectivity index (χ4n) is 1.07. The van der Waals surface area contributed by atoms with Gasteiger partial charge in [-0.1, -0.05) is 0 Å². The topological polar surface area (TPSA) is 215 Å². The minimum Gasteiger partial charge on any atom is -0.548 e. The average Bonchev–Trinajstić information content (AvgIpc) is 2.43. The van der Waals surface area contributed by atoms with E-state index in [1.807, 2.05) is 0 Å². The highest BCUT2D eigenvalue weighted by Gasteiger charge is 2.07. The summed E-state index contributed by atoms with van der Waals surface area (Å²) in [4.78, 5) is 46.6. The Bertz CT molecular complexity index is 422. The van der Waals surface area contributed by atoms with E-state index in [4.69, 9.17) is 45.3 Å². The summed E-state index contributed by atoms with van der Waals surface area (Å²) in [7, 11) is 6.33. The van der Waals surface area contributed by atoms with Crippen molar-refractivity contribution in [1.82, 2.24) is 0 Å². The Morgan fingerprint density at radius 3 is 1.36 bits per heavy atom. The number of carboxylic acid groups (broad SMARTS) is 5. The maximum atomic E-state index is 10.3. The first-order valence-corrected chi connectivity index (χ1v) is 6.81. The molecular weight excluding hydrogens is 344 g/mol. The minimum atomic E-state index is -1.82.